The first kappa shape index (κ1) is 10.3. The van der Waals surface area contributed by atoms with Gasteiger partial charge in [0.1, 0.15) is 0 Å². The molecular formula is C12H16O3. The number of methoxy groups -OCH3 is 1. The molecule has 0 saturated carbocycles. The second kappa shape index (κ2) is 4.11. The minimum absolute atomic E-state index is 0.434. The lowest BCUT2D eigenvalue weighted by Crippen LogP contribution is -2.00. The molecule has 3 heteroatoms. The normalized spacial score (nSPS) is 20.1. The van der Waals surface area contributed by atoms with E-state index in [4.69, 9.17) is 9.47 Å². The number of hydrogen-bond donors (Lipinski definition) is 1. The van der Waals surface area contributed by atoms with Crippen LogP contribution in [0.4, 0.5) is 0 Å². The molecule has 0 amide bonds. The van der Waals surface area contributed by atoms with Crippen molar-refractivity contribution >= 4 is 0 Å². The van der Waals surface area contributed by atoms with E-state index in [1.54, 1.807) is 7.11 Å². The summed E-state index contributed by atoms with van der Waals surface area (Å²) in [6.07, 6.45) is 1.19. The number of ether oxygens (including phenoxy) is 2. The number of hydrogen-bond acceptors (Lipinski definition) is 3. The highest BCUT2D eigenvalue weighted by Gasteiger charge is 2.21. The molecule has 0 fully saturated rings. The van der Waals surface area contributed by atoms with Gasteiger partial charge in [-0.2, -0.15) is 0 Å². The number of rotatable bonds is 1. The molecule has 1 aromatic carbocycles. The predicted molar refractivity (Wildman–Crippen MR) is 57.4 cm³/mol. The molecule has 1 aliphatic rings. The van der Waals surface area contributed by atoms with Crippen molar-refractivity contribution in [3.63, 3.8) is 0 Å². The van der Waals surface area contributed by atoms with Crippen LogP contribution in [0.25, 0.3) is 0 Å². The number of aliphatic hydroxyl groups excluding tert-OH is 1. The minimum atomic E-state index is -0.434. The van der Waals surface area contributed by atoms with Crippen LogP contribution in [0, 0.1) is 6.92 Å². The minimum Gasteiger partial charge on any atom is -0.493 e. The molecule has 1 aliphatic heterocycles. The summed E-state index contributed by atoms with van der Waals surface area (Å²) < 4.78 is 10.9. The van der Waals surface area contributed by atoms with Crippen LogP contribution in [-0.4, -0.2) is 18.8 Å². The van der Waals surface area contributed by atoms with Gasteiger partial charge in [-0.05, 0) is 37.5 Å². The average Bonchev–Trinajstić information content (AvgIpc) is 2.40. The van der Waals surface area contributed by atoms with E-state index in [-0.39, 0.29) is 0 Å². The number of fused-ring (bicyclic) bond motifs is 1. The van der Waals surface area contributed by atoms with Gasteiger partial charge < -0.3 is 14.6 Å². The highest BCUT2D eigenvalue weighted by atomic mass is 16.5. The van der Waals surface area contributed by atoms with Gasteiger partial charge in [0.2, 0.25) is 0 Å². The Morgan fingerprint density at radius 3 is 3.00 bits per heavy atom. The summed E-state index contributed by atoms with van der Waals surface area (Å²) in [7, 11) is 1.62. The number of aliphatic hydroxyl groups is 1. The maximum Gasteiger partial charge on any atom is 0.166 e. The van der Waals surface area contributed by atoms with Gasteiger partial charge in [0.25, 0.3) is 0 Å². The van der Waals surface area contributed by atoms with Crippen LogP contribution in [0.1, 0.15) is 30.1 Å². The molecule has 0 bridgehead atoms. The fourth-order valence-electron chi connectivity index (χ4n) is 1.93. The van der Waals surface area contributed by atoms with Crippen molar-refractivity contribution in [1.82, 2.24) is 0 Å². The Morgan fingerprint density at radius 1 is 1.47 bits per heavy atom. The highest BCUT2D eigenvalue weighted by Crippen LogP contribution is 2.39. The number of benzene rings is 1. The monoisotopic (exact) mass is 208 g/mol. The fraction of sp³-hybridized carbons (Fsp3) is 0.500. The smallest absolute Gasteiger partial charge is 0.166 e. The van der Waals surface area contributed by atoms with Gasteiger partial charge >= 0.3 is 0 Å². The van der Waals surface area contributed by atoms with Crippen LogP contribution >= 0.6 is 0 Å². The fourth-order valence-corrected chi connectivity index (χ4v) is 1.93. The molecule has 0 saturated heterocycles. The van der Waals surface area contributed by atoms with Crippen LogP contribution in [0.15, 0.2) is 12.1 Å². The van der Waals surface area contributed by atoms with E-state index >= 15 is 0 Å². The first-order chi connectivity index (χ1) is 7.22. The molecule has 0 unspecified atom stereocenters. The molecule has 0 spiro atoms. The Hall–Kier alpha value is -1.22. The van der Waals surface area contributed by atoms with Gasteiger partial charge in [0, 0.05) is 5.56 Å². The second-order valence-electron chi connectivity index (χ2n) is 3.89. The first-order valence-electron chi connectivity index (χ1n) is 5.21. The number of aryl methyl sites for hydroxylation is 1. The van der Waals surface area contributed by atoms with Crippen LogP contribution < -0.4 is 9.47 Å². The third kappa shape index (κ3) is 1.92. The molecule has 0 aliphatic carbocycles. The standard InChI is InChI=1S/C12H16O3/c1-8-6-9-10(13)4-3-5-15-12(9)11(7-8)14-2/h6-7,10,13H,3-5H2,1-2H3/t10-/m0/s1. The molecule has 1 aromatic rings. The molecule has 0 aromatic heterocycles. The average molecular weight is 208 g/mol. The lowest BCUT2D eigenvalue weighted by Gasteiger charge is -2.15. The van der Waals surface area contributed by atoms with Gasteiger partial charge in [-0.25, -0.2) is 0 Å². The molecule has 0 radical (unpaired) electrons. The quantitative estimate of drug-likeness (QED) is 0.769. The topological polar surface area (TPSA) is 38.7 Å². The summed E-state index contributed by atoms with van der Waals surface area (Å²) in [5.41, 5.74) is 1.93. The summed E-state index contributed by atoms with van der Waals surface area (Å²) in [6, 6.07) is 3.89. The Balaban J connectivity index is 2.52. The Kier molecular flexibility index (Phi) is 2.82. The summed E-state index contributed by atoms with van der Waals surface area (Å²) in [5.74, 6) is 1.42. The summed E-state index contributed by atoms with van der Waals surface area (Å²) >= 11 is 0. The van der Waals surface area contributed by atoms with Gasteiger partial charge in [-0.1, -0.05) is 0 Å². The zero-order chi connectivity index (χ0) is 10.8. The predicted octanol–water partition coefficient (Wildman–Crippen LogP) is 2.21. The van der Waals surface area contributed by atoms with E-state index in [9.17, 15) is 5.11 Å². The molecule has 1 N–H and O–H groups in total. The van der Waals surface area contributed by atoms with Gasteiger partial charge in [-0.15, -0.1) is 0 Å². The van der Waals surface area contributed by atoms with Crippen molar-refractivity contribution in [1.29, 1.82) is 0 Å². The summed E-state index contributed by atoms with van der Waals surface area (Å²) in [6.45, 7) is 2.63. The summed E-state index contributed by atoms with van der Waals surface area (Å²) in [5, 5.41) is 9.95. The lowest BCUT2D eigenvalue weighted by molar-refractivity contribution is 0.167. The van der Waals surface area contributed by atoms with Crippen molar-refractivity contribution in [2.24, 2.45) is 0 Å². The highest BCUT2D eigenvalue weighted by molar-refractivity contribution is 5.50. The van der Waals surface area contributed by atoms with E-state index in [0.29, 0.717) is 18.1 Å². The maximum atomic E-state index is 9.95. The SMILES string of the molecule is COc1cc(C)cc2c1OCCC[C@@H]2O. The van der Waals surface area contributed by atoms with Crippen LogP contribution in [0.5, 0.6) is 11.5 Å². The molecular weight excluding hydrogens is 192 g/mol. The van der Waals surface area contributed by atoms with Gasteiger partial charge in [-0.3, -0.25) is 0 Å². The molecule has 1 heterocycles. The largest absolute Gasteiger partial charge is 0.493 e. The Morgan fingerprint density at radius 2 is 2.27 bits per heavy atom. The molecule has 1 atom stereocenters. The molecule has 2 rings (SSSR count). The van der Waals surface area contributed by atoms with Crippen LogP contribution in [0.2, 0.25) is 0 Å². The third-order valence-corrected chi connectivity index (χ3v) is 2.68. The van der Waals surface area contributed by atoms with E-state index in [0.717, 1.165) is 24.0 Å². The molecule has 3 nitrogen and oxygen atoms in total. The van der Waals surface area contributed by atoms with E-state index in [1.807, 2.05) is 19.1 Å². The van der Waals surface area contributed by atoms with Crippen LogP contribution in [0.3, 0.4) is 0 Å². The van der Waals surface area contributed by atoms with E-state index in [1.165, 1.54) is 0 Å². The van der Waals surface area contributed by atoms with Crippen molar-refractivity contribution in [3.8, 4) is 11.5 Å². The first-order valence-corrected chi connectivity index (χ1v) is 5.21. The maximum absolute atomic E-state index is 9.95. The molecule has 82 valence electrons. The summed E-state index contributed by atoms with van der Waals surface area (Å²) in [4.78, 5) is 0. The molecule has 15 heavy (non-hydrogen) atoms. The van der Waals surface area contributed by atoms with Crippen molar-refractivity contribution < 1.29 is 14.6 Å². The Labute approximate surface area is 89.6 Å². The van der Waals surface area contributed by atoms with Crippen molar-refractivity contribution in [2.75, 3.05) is 13.7 Å². The third-order valence-electron chi connectivity index (χ3n) is 2.68. The van der Waals surface area contributed by atoms with Crippen molar-refractivity contribution in [2.45, 2.75) is 25.9 Å². The van der Waals surface area contributed by atoms with Gasteiger partial charge in [0.05, 0.1) is 19.8 Å². The van der Waals surface area contributed by atoms with E-state index in [2.05, 4.69) is 0 Å². The van der Waals surface area contributed by atoms with Crippen LogP contribution in [-0.2, 0) is 0 Å². The van der Waals surface area contributed by atoms with E-state index < -0.39 is 6.10 Å². The lowest BCUT2D eigenvalue weighted by atomic mass is 10.0. The van der Waals surface area contributed by atoms with Crippen molar-refractivity contribution in [3.05, 3.63) is 23.3 Å². The second-order valence-corrected chi connectivity index (χ2v) is 3.89. The van der Waals surface area contributed by atoms with Gasteiger partial charge in [0.15, 0.2) is 11.5 Å². The zero-order valence-corrected chi connectivity index (χ0v) is 9.12. The Bertz CT molecular complexity index is 360. The zero-order valence-electron chi connectivity index (χ0n) is 9.12.